The number of anilines is 1. The molecule has 1 heterocycles. The zero-order chi connectivity index (χ0) is 23.4. The van der Waals surface area contributed by atoms with Gasteiger partial charge < -0.3 is 10.1 Å². The van der Waals surface area contributed by atoms with Crippen LogP contribution in [0, 0.1) is 11.8 Å². The number of hydrogen-bond donors (Lipinski definition) is 2. The molecule has 7 nitrogen and oxygen atoms in total. The number of hydrogen-bond acceptors (Lipinski definition) is 4. The van der Waals surface area contributed by atoms with Crippen molar-refractivity contribution in [1.29, 1.82) is 0 Å². The Morgan fingerprint density at radius 2 is 1.82 bits per heavy atom. The molecular formula is C26H29N3O4. The van der Waals surface area contributed by atoms with Crippen molar-refractivity contribution in [2.45, 2.75) is 39.2 Å². The van der Waals surface area contributed by atoms with Gasteiger partial charge in [0.1, 0.15) is 5.75 Å². The molecule has 1 aliphatic carbocycles. The molecule has 0 bridgehead atoms. The number of benzene rings is 2. The Bertz CT molecular complexity index is 1060. The molecule has 4 rings (SSSR count). The van der Waals surface area contributed by atoms with Gasteiger partial charge >= 0.3 is 0 Å². The normalized spacial score (nSPS) is 19.8. The number of allylic oxidation sites excluding steroid dienone is 2. The number of rotatable bonds is 7. The molecule has 2 atom stereocenters. The molecule has 172 valence electrons. The zero-order valence-corrected chi connectivity index (χ0v) is 18.9. The maximum Gasteiger partial charge on any atom is 0.251 e. The lowest BCUT2D eigenvalue weighted by Crippen LogP contribution is -2.59. The minimum absolute atomic E-state index is 0.125. The van der Waals surface area contributed by atoms with Crippen molar-refractivity contribution >= 4 is 23.4 Å². The zero-order valence-electron chi connectivity index (χ0n) is 18.9. The Kier molecular flexibility index (Phi) is 6.77. The smallest absolute Gasteiger partial charge is 0.251 e. The molecule has 1 fully saturated rings. The number of fused-ring (bicyclic) bond motifs is 1. The summed E-state index contributed by atoms with van der Waals surface area (Å²) in [4.78, 5) is 38.2. The summed E-state index contributed by atoms with van der Waals surface area (Å²) in [5.74, 6) is -0.403. The van der Waals surface area contributed by atoms with Gasteiger partial charge in [-0.15, -0.1) is 0 Å². The van der Waals surface area contributed by atoms with Crippen molar-refractivity contribution in [2.24, 2.45) is 11.8 Å². The minimum atomic E-state index is -0.362. The van der Waals surface area contributed by atoms with Gasteiger partial charge in [-0.2, -0.15) is 0 Å². The van der Waals surface area contributed by atoms with Crippen LogP contribution >= 0.6 is 0 Å². The van der Waals surface area contributed by atoms with E-state index in [4.69, 9.17) is 4.74 Å². The average molecular weight is 448 g/mol. The molecule has 0 saturated carbocycles. The first-order valence-electron chi connectivity index (χ1n) is 11.4. The maximum atomic E-state index is 13.0. The van der Waals surface area contributed by atoms with Crippen molar-refractivity contribution in [3.63, 3.8) is 0 Å². The van der Waals surface area contributed by atoms with E-state index in [0.717, 1.165) is 11.3 Å². The van der Waals surface area contributed by atoms with Crippen LogP contribution in [0.15, 0.2) is 60.7 Å². The van der Waals surface area contributed by atoms with E-state index in [9.17, 15) is 14.4 Å². The molecule has 0 radical (unpaired) electrons. The summed E-state index contributed by atoms with van der Waals surface area (Å²) in [5.41, 5.74) is 4.71. The Balaban J connectivity index is 1.36. The quantitative estimate of drug-likeness (QED) is 0.637. The molecule has 3 amide bonds. The fraction of sp³-hybridized carbons (Fsp3) is 0.346. The highest BCUT2D eigenvalue weighted by atomic mass is 16.5. The molecule has 2 aromatic carbocycles. The summed E-state index contributed by atoms with van der Waals surface area (Å²) in [7, 11) is 0. The molecule has 33 heavy (non-hydrogen) atoms. The lowest BCUT2D eigenvalue weighted by molar-refractivity contribution is -0.139. The first-order chi connectivity index (χ1) is 15.9. The van der Waals surface area contributed by atoms with Crippen LogP contribution in [0.1, 0.15) is 42.6 Å². The first kappa shape index (κ1) is 22.6. The molecule has 0 spiro atoms. The lowest BCUT2D eigenvalue weighted by Gasteiger charge is -2.38. The SMILES string of the molecule is CC(C)Oc1ccc(CCNC(=O)c2cccc(N3NC(=O)C4CC=CCC4C3=O)c2)cc1. The molecule has 2 unspecified atom stereocenters. The topological polar surface area (TPSA) is 87.7 Å². The van der Waals surface area contributed by atoms with Gasteiger partial charge in [-0.1, -0.05) is 30.4 Å². The van der Waals surface area contributed by atoms with Crippen molar-refractivity contribution in [3.8, 4) is 5.75 Å². The van der Waals surface area contributed by atoms with Gasteiger partial charge in [0.05, 0.1) is 23.6 Å². The van der Waals surface area contributed by atoms with E-state index in [2.05, 4.69) is 10.7 Å². The van der Waals surface area contributed by atoms with Gasteiger partial charge in [0.15, 0.2) is 0 Å². The van der Waals surface area contributed by atoms with Gasteiger partial charge in [-0.05, 0) is 69.0 Å². The predicted octanol–water partition coefficient (Wildman–Crippen LogP) is 3.41. The highest BCUT2D eigenvalue weighted by Crippen LogP contribution is 2.32. The van der Waals surface area contributed by atoms with Crippen LogP contribution in [-0.4, -0.2) is 30.4 Å². The van der Waals surface area contributed by atoms with Gasteiger partial charge in [0.25, 0.3) is 5.91 Å². The molecule has 2 aliphatic rings. The minimum Gasteiger partial charge on any atom is -0.491 e. The van der Waals surface area contributed by atoms with Gasteiger partial charge in [0, 0.05) is 12.1 Å². The van der Waals surface area contributed by atoms with Crippen molar-refractivity contribution < 1.29 is 19.1 Å². The van der Waals surface area contributed by atoms with Gasteiger partial charge in [-0.3, -0.25) is 19.8 Å². The third kappa shape index (κ3) is 5.25. The fourth-order valence-electron chi connectivity index (χ4n) is 4.20. The van der Waals surface area contributed by atoms with E-state index in [1.54, 1.807) is 24.3 Å². The van der Waals surface area contributed by atoms with Crippen molar-refractivity contribution in [3.05, 3.63) is 71.8 Å². The number of carbonyl (C=O) groups excluding carboxylic acids is 3. The summed E-state index contributed by atoms with van der Waals surface area (Å²) in [6.45, 7) is 4.44. The Morgan fingerprint density at radius 1 is 1.09 bits per heavy atom. The highest BCUT2D eigenvalue weighted by Gasteiger charge is 2.42. The first-order valence-corrected chi connectivity index (χ1v) is 11.4. The van der Waals surface area contributed by atoms with Crippen LogP contribution in [-0.2, 0) is 16.0 Å². The van der Waals surface area contributed by atoms with Gasteiger partial charge in [-0.25, -0.2) is 5.01 Å². The molecular weight excluding hydrogens is 418 g/mol. The Labute approximate surface area is 193 Å². The number of nitrogens with zero attached hydrogens (tertiary/aromatic N) is 1. The third-order valence-electron chi connectivity index (χ3n) is 5.89. The lowest BCUT2D eigenvalue weighted by atomic mass is 9.80. The summed E-state index contributed by atoms with van der Waals surface area (Å²) in [6.07, 6.45) is 5.84. The second-order valence-corrected chi connectivity index (χ2v) is 8.67. The van der Waals surface area contributed by atoms with Crippen LogP contribution in [0.5, 0.6) is 5.75 Å². The summed E-state index contributed by atoms with van der Waals surface area (Å²) >= 11 is 0. The molecule has 1 aliphatic heterocycles. The van der Waals surface area contributed by atoms with Crippen LogP contribution < -0.4 is 20.5 Å². The van der Waals surface area contributed by atoms with E-state index in [1.807, 2.05) is 50.3 Å². The molecule has 2 aromatic rings. The summed E-state index contributed by atoms with van der Waals surface area (Å²) < 4.78 is 5.65. The van der Waals surface area contributed by atoms with Crippen LogP contribution in [0.4, 0.5) is 5.69 Å². The van der Waals surface area contributed by atoms with Gasteiger partial charge in [0.2, 0.25) is 11.8 Å². The van der Waals surface area contributed by atoms with Crippen LogP contribution in [0.3, 0.4) is 0 Å². The van der Waals surface area contributed by atoms with Crippen molar-refractivity contribution in [1.82, 2.24) is 10.7 Å². The number of ether oxygens (including phenoxy) is 1. The second kappa shape index (κ2) is 9.90. The monoisotopic (exact) mass is 447 g/mol. The average Bonchev–Trinajstić information content (AvgIpc) is 2.82. The van der Waals surface area contributed by atoms with E-state index in [0.29, 0.717) is 37.1 Å². The number of nitrogens with one attached hydrogen (secondary N) is 2. The maximum absolute atomic E-state index is 13.0. The Hall–Kier alpha value is -3.61. The van der Waals surface area contributed by atoms with E-state index >= 15 is 0 Å². The van der Waals surface area contributed by atoms with Crippen LogP contribution in [0.2, 0.25) is 0 Å². The Morgan fingerprint density at radius 3 is 2.55 bits per heavy atom. The van der Waals surface area contributed by atoms with E-state index < -0.39 is 0 Å². The largest absolute Gasteiger partial charge is 0.491 e. The van der Waals surface area contributed by atoms with Crippen molar-refractivity contribution in [2.75, 3.05) is 11.6 Å². The standard InChI is InChI=1S/C26H29N3O4/c1-17(2)33-21-12-10-18(11-13-21)14-15-27-24(30)19-6-5-7-20(16-19)29-26(32)23-9-4-3-8-22(23)25(31)28-29/h3-7,10-13,16-17,22-23H,8-9,14-15H2,1-2H3,(H,27,30)(H,28,31). The van der Waals surface area contributed by atoms with E-state index in [1.165, 1.54) is 5.01 Å². The highest BCUT2D eigenvalue weighted by molar-refractivity contribution is 6.05. The fourth-order valence-corrected chi connectivity index (χ4v) is 4.20. The second-order valence-electron chi connectivity index (χ2n) is 8.67. The van der Waals surface area contributed by atoms with Crippen LogP contribution in [0.25, 0.3) is 0 Å². The molecule has 0 aromatic heterocycles. The number of hydrazine groups is 1. The molecule has 7 heteroatoms. The van der Waals surface area contributed by atoms with E-state index in [-0.39, 0.29) is 35.7 Å². The third-order valence-corrected chi connectivity index (χ3v) is 5.89. The molecule has 1 saturated heterocycles. The summed E-state index contributed by atoms with van der Waals surface area (Å²) in [5, 5.41) is 4.20. The predicted molar refractivity (Wildman–Crippen MR) is 126 cm³/mol. The number of amides is 3. The number of carbonyl (C=O) groups is 3. The molecule has 2 N–H and O–H groups in total. The summed E-state index contributed by atoms with van der Waals surface area (Å²) in [6, 6.07) is 14.6.